The predicted molar refractivity (Wildman–Crippen MR) is 132 cm³/mol. The molecule has 5 N–H and O–H groups in total. The Balaban J connectivity index is 1.29. The van der Waals surface area contributed by atoms with Gasteiger partial charge >= 0.3 is 0 Å². The molecule has 1 amide bonds. The number of methoxy groups -OCH3 is 1. The lowest BCUT2D eigenvalue weighted by Gasteiger charge is -2.27. The number of ether oxygens (including phenoxy) is 1. The van der Waals surface area contributed by atoms with Crippen LogP contribution < -0.4 is 21.7 Å². The first-order valence-corrected chi connectivity index (χ1v) is 12.2. The summed E-state index contributed by atoms with van der Waals surface area (Å²) >= 11 is 1.19. The van der Waals surface area contributed by atoms with Crippen molar-refractivity contribution < 1.29 is 13.9 Å². The van der Waals surface area contributed by atoms with Crippen LogP contribution in [0.15, 0.2) is 18.2 Å². The molecule has 0 spiro atoms. The highest BCUT2D eigenvalue weighted by Gasteiger charge is 2.41. The first-order chi connectivity index (χ1) is 16.2. The molecule has 1 saturated heterocycles. The maximum atomic E-state index is 13.9. The van der Waals surface area contributed by atoms with E-state index in [0.29, 0.717) is 40.3 Å². The van der Waals surface area contributed by atoms with Crippen LogP contribution in [0.1, 0.15) is 40.0 Å². The monoisotopic (exact) mass is 484 g/mol. The van der Waals surface area contributed by atoms with Gasteiger partial charge in [0.2, 0.25) is 0 Å². The van der Waals surface area contributed by atoms with Crippen molar-refractivity contribution in [3.63, 3.8) is 0 Å². The van der Waals surface area contributed by atoms with E-state index < -0.39 is 11.4 Å². The van der Waals surface area contributed by atoms with Crippen molar-refractivity contribution in [3.8, 4) is 0 Å². The predicted octanol–water partition coefficient (Wildman–Crippen LogP) is 2.56. The van der Waals surface area contributed by atoms with Gasteiger partial charge in [-0.25, -0.2) is 14.4 Å². The second-order valence-electron chi connectivity index (χ2n) is 9.55. The molecule has 0 bridgehead atoms. The summed E-state index contributed by atoms with van der Waals surface area (Å²) in [6, 6.07) is 5.43. The number of hydrogen-bond acceptors (Lipinski definition) is 8. The number of carbonyl (C=O) groups is 1. The zero-order valence-electron chi connectivity index (χ0n) is 19.5. The highest BCUT2D eigenvalue weighted by Crippen LogP contribution is 2.34. The lowest BCUT2D eigenvalue weighted by Crippen LogP contribution is -2.48. The minimum atomic E-state index is -0.428. The van der Waals surface area contributed by atoms with Crippen molar-refractivity contribution in [1.29, 1.82) is 0 Å². The molecule has 0 radical (unpaired) electrons. The number of carbonyl (C=O) groups excluding carboxylic acids is 1. The second kappa shape index (κ2) is 8.44. The van der Waals surface area contributed by atoms with Gasteiger partial charge in [0.1, 0.15) is 21.3 Å². The van der Waals surface area contributed by atoms with E-state index >= 15 is 0 Å². The molecule has 5 rings (SSSR count). The molecule has 8 nitrogen and oxygen atoms in total. The molecule has 4 heterocycles. The SMILES string of the molecule is COC1CN(c2ccc3c(n2)CCC(NC(=O)c2sc4nc(C)c(F)cc4c2N)C3)CC1(C)N. The number of aryl methyl sites for hydroxylation is 2. The second-order valence-corrected chi connectivity index (χ2v) is 10.6. The Morgan fingerprint density at radius 3 is 2.91 bits per heavy atom. The standard InChI is InChI=1S/C24H29FN6O2S/c1-12-16(25)9-15-20(26)21(34-23(15)28-12)22(32)29-14-5-6-17-13(8-14)4-7-19(30-17)31-10-18(33-3)24(2,27)11-31/h4,7,9,14,18H,5-6,8,10-11,26-27H2,1-3H3,(H,29,32). The van der Waals surface area contributed by atoms with Crippen LogP contribution in [0, 0.1) is 12.7 Å². The van der Waals surface area contributed by atoms with Crippen molar-refractivity contribution in [2.24, 2.45) is 5.73 Å². The number of nitrogen functional groups attached to an aromatic ring is 1. The summed E-state index contributed by atoms with van der Waals surface area (Å²) in [5.74, 6) is 0.231. The Labute approximate surface area is 201 Å². The topological polar surface area (TPSA) is 119 Å². The van der Waals surface area contributed by atoms with Gasteiger partial charge < -0.3 is 26.4 Å². The largest absolute Gasteiger partial charge is 0.397 e. The molecule has 1 aliphatic carbocycles. The van der Waals surface area contributed by atoms with E-state index in [2.05, 4.69) is 21.3 Å². The summed E-state index contributed by atoms with van der Waals surface area (Å²) in [7, 11) is 1.69. The molecule has 3 aromatic rings. The number of rotatable bonds is 4. The fourth-order valence-electron chi connectivity index (χ4n) is 4.93. The summed E-state index contributed by atoms with van der Waals surface area (Å²) in [4.78, 5) is 25.2. The van der Waals surface area contributed by atoms with Gasteiger partial charge in [0, 0.05) is 37.3 Å². The highest BCUT2D eigenvalue weighted by atomic mass is 32.1. The number of aromatic nitrogens is 2. The summed E-state index contributed by atoms with van der Waals surface area (Å²) in [6.45, 7) is 5.00. The number of nitrogens with one attached hydrogen (secondary N) is 1. The van der Waals surface area contributed by atoms with E-state index in [0.717, 1.165) is 29.9 Å². The minimum absolute atomic E-state index is 0.0271. The van der Waals surface area contributed by atoms with Crippen LogP contribution in [0.4, 0.5) is 15.9 Å². The number of pyridine rings is 2. The van der Waals surface area contributed by atoms with Crippen LogP contribution in [0.2, 0.25) is 0 Å². The molecule has 10 heteroatoms. The van der Waals surface area contributed by atoms with E-state index in [1.54, 1.807) is 14.0 Å². The average molecular weight is 485 g/mol. The quantitative estimate of drug-likeness (QED) is 0.521. The average Bonchev–Trinajstić information content (AvgIpc) is 3.29. The number of anilines is 2. The van der Waals surface area contributed by atoms with Gasteiger partial charge in [-0.1, -0.05) is 6.07 Å². The van der Waals surface area contributed by atoms with Crippen molar-refractivity contribution in [3.05, 3.63) is 45.8 Å². The number of fused-ring (bicyclic) bond motifs is 2. The van der Waals surface area contributed by atoms with E-state index in [9.17, 15) is 9.18 Å². The fourth-order valence-corrected chi connectivity index (χ4v) is 5.95. The van der Waals surface area contributed by atoms with Crippen LogP contribution in [-0.4, -0.2) is 53.8 Å². The molecule has 0 saturated carbocycles. The molecule has 2 aliphatic rings. The van der Waals surface area contributed by atoms with Crippen molar-refractivity contribution in [1.82, 2.24) is 15.3 Å². The van der Waals surface area contributed by atoms with Crippen LogP contribution in [0.25, 0.3) is 10.2 Å². The number of thiophene rings is 1. The molecule has 3 unspecified atom stereocenters. The van der Waals surface area contributed by atoms with E-state index in [1.165, 1.54) is 17.4 Å². The minimum Gasteiger partial charge on any atom is -0.397 e. The first-order valence-electron chi connectivity index (χ1n) is 11.4. The molecule has 34 heavy (non-hydrogen) atoms. The van der Waals surface area contributed by atoms with E-state index in [1.807, 2.05) is 13.0 Å². The lowest BCUT2D eigenvalue weighted by molar-refractivity contribution is 0.0751. The van der Waals surface area contributed by atoms with Crippen LogP contribution in [-0.2, 0) is 17.6 Å². The van der Waals surface area contributed by atoms with Gasteiger partial charge in [0.25, 0.3) is 5.91 Å². The van der Waals surface area contributed by atoms with Gasteiger partial charge in [-0.3, -0.25) is 4.79 Å². The Morgan fingerprint density at radius 1 is 1.38 bits per heavy atom. The number of nitrogens with zero attached hydrogens (tertiary/aromatic N) is 3. The van der Waals surface area contributed by atoms with E-state index in [-0.39, 0.29) is 23.7 Å². The summed E-state index contributed by atoms with van der Waals surface area (Å²) in [5.41, 5.74) is 14.9. The van der Waals surface area contributed by atoms with Crippen molar-refractivity contribution in [2.75, 3.05) is 30.8 Å². The Hall–Kier alpha value is -2.82. The zero-order valence-corrected chi connectivity index (χ0v) is 20.3. The third kappa shape index (κ3) is 3.99. The third-order valence-corrected chi connectivity index (χ3v) is 8.02. The highest BCUT2D eigenvalue weighted by molar-refractivity contribution is 7.21. The molecule has 1 fully saturated rings. The molecular formula is C24H29FN6O2S. The molecule has 3 atom stereocenters. The first kappa shape index (κ1) is 22.9. The lowest BCUT2D eigenvalue weighted by atomic mass is 9.91. The van der Waals surface area contributed by atoms with E-state index in [4.69, 9.17) is 21.2 Å². The molecule has 3 aromatic heterocycles. The normalized spacial score (nSPS) is 24.4. The molecule has 1 aliphatic heterocycles. The zero-order chi connectivity index (χ0) is 24.2. The van der Waals surface area contributed by atoms with Gasteiger partial charge in [-0.2, -0.15) is 0 Å². The van der Waals surface area contributed by atoms with Crippen molar-refractivity contribution in [2.45, 2.75) is 50.8 Å². The maximum Gasteiger partial charge on any atom is 0.263 e. The summed E-state index contributed by atoms with van der Waals surface area (Å²) in [5, 5.41) is 3.58. The number of halogens is 1. The Kier molecular flexibility index (Phi) is 5.70. The van der Waals surface area contributed by atoms with Gasteiger partial charge in [0.15, 0.2) is 0 Å². The van der Waals surface area contributed by atoms with Crippen LogP contribution in [0.5, 0.6) is 0 Å². The number of amides is 1. The number of hydrogen-bond donors (Lipinski definition) is 3. The van der Waals surface area contributed by atoms with Gasteiger partial charge in [-0.15, -0.1) is 11.3 Å². The Morgan fingerprint density at radius 2 is 2.18 bits per heavy atom. The third-order valence-electron chi connectivity index (χ3n) is 6.90. The molecular weight excluding hydrogens is 455 g/mol. The smallest absolute Gasteiger partial charge is 0.263 e. The maximum absolute atomic E-state index is 13.9. The Bertz CT molecular complexity index is 1280. The van der Waals surface area contributed by atoms with Crippen LogP contribution in [0.3, 0.4) is 0 Å². The van der Waals surface area contributed by atoms with Crippen molar-refractivity contribution >= 4 is 39.0 Å². The van der Waals surface area contributed by atoms with Crippen LogP contribution >= 0.6 is 11.3 Å². The van der Waals surface area contributed by atoms with Gasteiger partial charge in [0.05, 0.1) is 23.0 Å². The molecule has 180 valence electrons. The summed E-state index contributed by atoms with van der Waals surface area (Å²) in [6.07, 6.45) is 2.20. The van der Waals surface area contributed by atoms with Gasteiger partial charge in [-0.05, 0) is 50.8 Å². The molecule has 0 aromatic carbocycles. The number of nitrogens with two attached hydrogens (primary N) is 2. The summed E-state index contributed by atoms with van der Waals surface area (Å²) < 4.78 is 19.5. The fraction of sp³-hybridized carbons (Fsp3) is 0.458.